The number of anilines is 6. The van der Waals surface area contributed by atoms with Gasteiger partial charge in [0.15, 0.2) is 5.58 Å². The van der Waals surface area contributed by atoms with E-state index in [1.54, 1.807) is 25.0 Å². The molecule has 5 nitrogen and oxygen atoms in total. The highest BCUT2D eigenvalue weighted by molar-refractivity contribution is 9.05. The Labute approximate surface area is 918 Å². The highest BCUT2D eigenvalue weighted by atomic mass is 33.7. The maximum Gasteiger partial charge on any atom is 0.159 e. The van der Waals surface area contributed by atoms with Crippen molar-refractivity contribution in [3.8, 4) is 33.6 Å². The lowest BCUT2D eigenvalue weighted by Gasteiger charge is -2.26. The summed E-state index contributed by atoms with van der Waals surface area (Å²) in [5.41, 5.74) is 23.1. The van der Waals surface area contributed by atoms with Crippen molar-refractivity contribution in [3.63, 3.8) is 0 Å². The minimum absolute atomic E-state index is 0.0465. The Bertz CT molecular complexity index is 6950. The first kappa shape index (κ1) is 128. The van der Waals surface area contributed by atoms with Crippen LogP contribution < -0.4 is 9.80 Å². The number of furan rings is 1. The van der Waals surface area contributed by atoms with Crippen molar-refractivity contribution in [2.24, 2.45) is 0 Å². The first-order valence-electron chi connectivity index (χ1n) is 46.7. The number of rotatable bonds is 12. The summed E-state index contributed by atoms with van der Waals surface area (Å²) in [7, 11) is -1.50. The molecule has 752 valence electrons. The predicted octanol–water partition coefficient (Wildman–Crippen LogP) is 36.6. The van der Waals surface area contributed by atoms with Crippen LogP contribution in [0.15, 0.2) is 332 Å². The molecule has 18 rings (SSSR count). The maximum atomic E-state index is 6.54. The zero-order valence-corrected chi connectivity index (χ0v) is 103. The zero-order chi connectivity index (χ0) is 106. The minimum Gasteiger partial charge on any atom is -0.454 e. The van der Waals surface area contributed by atoms with Crippen LogP contribution in [-0.2, 0) is 188 Å². The molecule has 4 aromatic heterocycles. The van der Waals surface area contributed by atoms with Crippen LogP contribution in [0.25, 0.3) is 119 Å². The number of hydrogen-bond acceptors (Lipinski definition) is 22. The first-order valence-corrected chi connectivity index (χ1v) is 71.3. The SMILES string of the molecule is CC.CC.CC.CC.CC.CC.CC.CC.CC(C)(C)c1ccc2c(c1)c1cc(-c3cccc(N(c4ccccc4)c4cccc5c4oc4ccccc45)c3)ccc1n2-c1ccccc1.CC(C)(C)c1ccc2c(c1)c1cc(-c3cccc(N(c4ccccc4)c4cccc5c4sc4ccccc45)c3)ccc1n2-c1ccccc1.CS.CS.CS(=S)(=S)[S-](=S)=S.CS(=S)(=S)[S-](=S)=S.C[S-](=S)=S.C[S-](=S)=S. The highest BCUT2D eigenvalue weighted by Crippen LogP contribution is 2.48. The standard InChI is InChI=1S/C46H36N2O.C46H36N2S.8C2H6.2CH3S6.2CH3S3.2CH4S/c2*1-46(2,3)33-25-27-42-40(30-33)39-29-32(24-26-41(39)48(42)35-17-8-5-9-18-35)31-14-12-19-36(28-31)47(34-15-6-4-7-16-34)43-22-13-21-38-37-20-10-11-23-44(37)49-45(38)43;8*1-2;2*1-7(4,5)6(2)3;2*1-4(2)3;2*1-2/h2*4-30H,1-3H3;8*1-2H3;2*1H3;2*1H3;2*2H,1H3/q;;;;;;;;;;4*-1;;. The molecule has 0 bridgehead atoms. The Morgan fingerprint density at radius 1 is 0.293 bits per heavy atom. The van der Waals surface area contributed by atoms with Gasteiger partial charge in [0.1, 0.15) is 5.58 Å². The van der Waals surface area contributed by atoms with Gasteiger partial charge in [-0.1, -0.05) is 379 Å². The monoisotopic (exact) mass is 2250 g/mol. The minimum atomic E-state index is -1.42. The van der Waals surface area contributed by atoms with Gasteiger partial charge in [0, 0.05) is 81.9 Å². The van der Waals surface area contributed by atoms with Gasteiger partial charge in [-0.25, -0.2) is 44.8 Å². The van der Waals surface area contributed by atoms with Crippen LogP contribution in [0, 0.1) is 0 Å². The number of aromatic nitrogens is 2. The van der Waals surface area contributed by atoms with Crippen molar-refractivity contribution in [3.05, 3.63) is 339 Å². The summed E-state index contributed by atoms with van der Waals surface area (Å²) in [6, 6.07) is 119. The summed E-state index contributed by atoms with van der Waals surface area (Å²) in [6.45, 7) is 45.7. The average Bonchev–Trinajstić information content (AvgIpc) is 1.58. The summed E-state index contributed by atoms with van der Waals surface area (Å²) in [5.74, 6) is 0. The quantitative estimate of drug-likeness (QED) is 0.0691. The van der Waals surface area contributed by atoms with E-state index in [-0.39, 0.29) is 26.9 Å². The average molecular weight is 2260 g/mol. The lowest BCUT2D eigenvalue weighted by molar-refractivity contribution is 0.591. The molecule has 0 saturated carbocycles. The lowest BCUT2D eigenvalue weighted by atomic mass is 9.86. The number of thiophene rings is 1. The van der Waals surface area contributed by atoms with Crippen molar-refractivity contribution in [1.82, 2.24) is 9.13 Å². The van der Waals surface area contributed by atoms with Crippen LogP contribution in [0.2, 0.25) is 0 Å². The summed E-state index contributed by atoms with van der Waals surface area (Å²) in [5, 5.41) is 9.91. The maximum absolute atomic E-state index is 6.54. The molecule has 0 atom stereocenters. The molecule has 18 aromatic rings. The van der Waals surface area contributed by atoms with E-state index in [1.165, 1.54) is 109 Å². The van der Waals surface area contributed by atoms with Crippen molar-refractivity contribution < 1.29 is 4.42 Å². The van der Waals surface area contributed by atoms with Crippen LogP contribution in [0.1, 0.15) is 163 Å². The van der Waals surface area contributed by atoms with Crippen molar-refractivity contribution >= 4 is 333 Å². The van der Waals surface area contributed by atoms with E-state index in [0.717, 1.165) is 55.9 Å². The third kappa shape index (κ3) is 35.5. The summed E-state index contributed by atoms with van der Waals surface area (Å²) in [4.78, 5) is 4.72. The van der Waals surface area contributed by atoms with Gasteiger partial charge in [-0.05, 0) is 215 Å². The van der Waals surface area contributed by atoms with Gasteiger partial charge in [0.05, 0.1) is 38.1 Å². The fraction of sp³-hybridized carbons (Fsp3) is 0.263. The van der Waals surface area contributed by atoms with Crippen LogP contribution in [0.3, 0.4) is 0 Å². The topological polar surface area (TPSA) is 29.5 Å². The number of thiol groups is 2. The van der Waals surface area contributed by atoms with Gasteiger partial charge in [-0.2, -0.15) is 37.6 Å². The van der Waals surface area contributed by atoms with Crippen LogP contribution in [0.5, 0.6) is 0 Å². The van der Waals surface area contributed by atoms with E-state index in [4.69, 9.17) is 49.2 Å². The van der Waals surface area contributed by atoms with E-state index in [9.17, 15) is 0 Å². The number of fused-ring (bicyclic) bond motifs is 12. The van der Waals surface area contributed by atoms with Crippen LogP contribution >= 0.6 is 36.6 Å². The van der Waals surface area contributed by atoms with Gasteiger partial charge >= 0.3 is 0 Å². The molecule has 14 aromatic carbocycles. The number of nitrogens with zero attached hydrogens (tertiary/aromatic N) is 4. The van der Waals surface area contributed by atoms with E-state index in [1.807, 2.05) is 147 Å². The second-order valence-electron chi connectivity index (χ2n) is 30.3. The predicted molar refractivity (Wildman–Crippen MR) is 696 cm³/mol. The highest BCUT2D eigenvalue weighted by Gasteiger charge is 2.25. The number of hydrogen-bond donors (Lipinski definition) is 2. The Balaban J connectivity index is 0.000000518. The molecule has 140 heavy (non-hydrogen) atoms. The molecule has 0 fully saturated rings. The van der Waals surface area contributed by atoms with Crippen molar-refractivity contribution in [2.45, 2.75) is 163 Å². The number of para-hydroxylation sites is 6. The molecule has 0 amide bonds. The van der Waals surface area contributed by atoms with Gasteiger partial charge in [0.25, 0.3) is 0 Å². The van der Waals surface area contributed by atoms with E-state index >= 15 is 0 Å². The molecule has 0 aliphatic rings. The largest absolute Gasteiger partial charge is 0.454 e. The molecule has 0 N–H and O–H groups in total. The fourth-order valence-corrected chi connectivity index (χ4v) is 15.7. The van der Waals surface area contributed by atoms with Gasteiger partial charge < -0.3 is 39.4 Å². The Kier molecular flexibility index (Phi) is 59.7. The third-order valence-electron chi connectivity index (χ3n) is 19.9. The Morgan fingerprint density at radius 2 is 0.571 bits per heavy atom. The molecule has 0 saturated heterocycles. The van der Waals surface area contributed by atoms with Crippen LogP contribution in [0.4, 0.5) is 34.1 Å². The van der Waals surface area contributed by atoms with Gasteiger partial charge in [-0.3, -0.25) is 58.8 Å². The molecule has 0 radical (unpaired) electrons. The molecular formula is C114H140N4OS21-4. The van der Waals surface area contributed by atoms with Gasteiger partial charge in [0.2, 0.25) is 0 Å². The van der Waals surface area contributed by atoms with E-state index in [0.29, 0.717) is 0 Å². The molecule has 0 aliphatic heterocycles. The lowest BCUT2D eigenvalue weighted by Crippen LogP contribution is -2.10. The summed E-state index contributed by atoms with van der Waals surface area (Å²) < 4.78 is 13.9. The molecule has 0 unspecified atom stereocenters. The Morgan fingerprint density at radius 3 is 0.936 bits per heavy atom. The normalized spacial score (nSPS) is 10.5. The first-order chi connectivity index (χ1) is 67.2. The molecular weight excluding hydrogens is 2110 g/mol. The third-order valence-corrected chi connectivity index (χ3v) is 46.0. The second-order valence-corrected chi connectivity index (χ2v) is 69.5. The molecule has 0 spiro atoms. The van der Waals surface area contributed by atoms with Gasteiger partial charge in [-0.15, -0.1) is 23.8 Å². The molecule has 26 heteroatoms. The van der Waals surface area contributed by atoms with Crippen molar-refractivity contribution in [1.29, 1.82) is 0 Å². The fourth-order valence-electron chi connectivity index (χ4n) is 14.5. The molecule has 0 aliphatic carbocycles. The van der Waals surface area contributed by atoms with E-state index < -0.39 is 26.4 Å². The Hall–Kier alpha value is -6.26. The smallest absolute Gasteiger partial charge is 0.159 e. The van der Waals surface area contributed by atoms with Crippen molar-refractivity contribution in [2.75, 3.05) is 47.3 Å². The summed E-state index contributed by atoms with van der Waals surface area (Å²) in [6.07, 6.45) is 7.76. The second kappa shape index (κ2) is 65.4. The zero-order valence-electron chi connectivity index (χ0n) is 86.0. The number of benzene rings is 14. The molecule has 4 heterocycles. The van der Waals surface area contributed by atoms with E-state index in [2.05, 4.69) is 491 Å². The van der Waals surface area contributed by atoms with Crippen LogP contribution in [-0.4, -0.2) is 46.7 Å². The summed E-state index contributed by atoms with van der Waals surface area (Å²) >= 11 is 64.8.